The molecule has 0 saturated heterocycles. The summed E-state index contributed by atoms with van der Waals surface area (Å²) in [5.41, 5.74) is 0.526. The first-order chi connectivity index (χ1) is 10.6. The normalized spacial score (nSPS) is 38.3. The van der Waals surface area contributed by atoms with Gasteiger partial charge in [0.1, 0.15) is 0 Å². The van der Waals surface area contributed by atoms with Gasteiger partial charge in [0.2, 0.25) is 0 Å². The van der Waals surface area contributed by atoms with Crippen molar-refractivity contribution in [2.24, 2.45) is 28.6 Å². The second-order valence-corrected chi connectivity index (χ2v) is 8.15. The lowest BCUT2D eigenvalue weighted by Crippen LogP contribution is -2.47. The number of carbonyl (C=O) groups is 2. The van der Waals surface area contributed by atoms with Gasteiger partial charge in [0, 0.05) is 0 Å². The van der Waals surface area contributed by atoms with Crippen LogP contribution >= 0.6 is 0 Å². The van der Waals surface area contributed by atoms with Crippen molar-refractivity contribution in [1.29, 1.82) is 0 Å². The molecule has 0 aromatic carbocycles. The first-order valence-electron chi connectivity index (χ1n) is 8.79. The molecule has 5 atom stereocenters. The van der Waals surface area contributed by atoms with Gasteiger partial charge in [-0.2, -0.15) is 0 Å². The van der Waals surface area contributed by atoms with E-state index >= 15 is 0 Å². The summed E-state index contributed by atoms with van der Waals surface area (Å²) in [6.45, 7) is 8.10. The van der Waals surface area contributed by atoms with E-state index in [0.29, 0.717) is 18.8 Å². The van der Waals surface area contributed by atoms with Gasteiger partial charge >= 0.3 is 11.9 Å². The van der Waals surface area contributed by atoms with Gasteiger partial charge in [-0.05, 0) is 62.7 Å². The Hall–Kier alpha value is -1.32. The molecule has 0 aromatic rings. The average Bonchev–Trinajstić information content (AvgIpc) is 2.49. The van der Waals surface area contributed by atoms with E-state index in [1.165, 1.54) is 5.57 Å². The van der Waals surface area contributed by atoms with Crippen LogP contribution in [0.4, 0.5) is 0 Å². The standard InChI is InChI=1S/C19H30O4/c1-12(16(20)21)9-11-18(3)13(2)7-8-15-14(18)6-5-10-19(15,4)17(22)23/h6,12-13,15H,5,7-11H2,1-4H3,(H,20,21)(H,22,23). The molecular formula is C19H30O4. The summed E-state index contributed by atoms with van der Waals surface area (Å²) >= 11 is 0. The fourth-order valence-electron chi connectivity index (χ4n) is 4.60. The smallest absolute Gasteiger partial charge is 0.309 e. The van der Waals surface area contributed by atoms with E-state index in [4.69, 9.17) is 5.11 Å². The van der Waals surface area contributed by atoms with E-state index in [1.54, 1.807) is 6.92 Å². The molecule has 1 saturated carbocycles. The van der Waals surface area contributed by atoms with E-state index in [0.717, 1.165) is 25.7 Å². The maximum atomic E-state index is 11.9. The van der Waals surface area contributed by atoms with E-state index < -0.39 is 17.4 Å². The molecule has 4 nitrogen and oxygen atoms in total. The number of rotatable bonds is 5. The first-order valence-corrected chi connectivity index (χ1v) is 8.79. The number of allylic oxidation sites excluding steroid dienone is 2. The van der Waals surface area contributed by atoms with E-state index in [9.17, 15) is 14.7 Å². The van der Waals surface area contributed by atoms with Crippen molar-refractivity contribution < 1.29 is 19.8 Å². The van der Waals surface area contributed by atoms with Crippen molar-refractivity contribution in [3.8, 4) is 0 Å². The number of hydrogen-bond acceptors (Lipinski definition) is 2. The van der Waals surface area contributed by atoms with Gasteiger partial charge in [0.15, 0.2) is 0 Å². The molecule has 0 radical (unpaired) electrons. The zero-order valence-electron chi connectivity index (χ0n) is 14.8. The van der Waals surface area contributed by atoms with Crippen LogP contribution in [0.2, 0.25) is 0 Å². The van der Waals surface area contributed by atoms with E-state index in [2.05, 4.69) is 19.9 Å². The highest BCUT2D eigenvalue weighted by Gasteiger charge is 2.52. The Morgan fingerprint density at radius 3 is 2.52 bits per heavy atom. The highest BCUT2D eigenvalue weighted by Crippen LogP contribution is 2.58. The lowest BCUT2D eigenvalue weighted by Gasteiger charge is -2.52. The maximum absolute atomic E-state index is 11.9. The summed E-state index contributed by atoms with van der Waals surface area (Å²) in [6.07, 6.45) is 7.18. The van der Waals surface area contributed by atoms with Crippen LogP contribution in [0.5, 0.6) is 0 Å². The molecule has 0 aromatic heterocycles. The molecule has 2 aliphatic rings. The highest BCUT2D eigenvalue weighted by atomic mass is 16.4. The SMILES string of the molecule is CC(CCC1(C)C2=CCCC(C)(C(=O)O)C2CCC1C)C(=O)O. The molecule has 5 unspecified atom stereocenters. The van der Waals surface area contributed by atoms with Crippen LogP contribution in [0.15, 0.2) is 11.6 Å². The predicted octanol–water partition coefficient (Wildman–Crippen LogP) is 4.35. The Morgan fingerprint density at radius 2 is 1.96 bits per heavy atom. The van der Waals surface area contributed by atoms with Crippen molar-refractivity contribution in [2.75, 3.05) is 0 Å². The topological polar surface area (TPSA) is 74.6 Å². The Morgan fingerprint density at radius 1 is 1.30 bits per heavy atom. The summed E-state index contributed by atoms with van der Waals surface area (Å²) < 4.78 is 0. The third-order valence-corrected chi connectivity index (χ3v) is 6.81. The quantitative estimate of drug-likeness (QED) is 0.738. The summed E-state index contributed by atoms with van der Waals surface area (Å²) in [6, 6.07) is 0. The van der Waals surface area contributed by atoms with Crippen LogP contribution in [0, 0.1) is 28.6 Å². The summed E-state index contributed by atoms with van der Waals surface area (Å²) in [5.74, 6) is -1.24. The molecule has 0 amide bonds. The van der Waals surface area contributed by atoms with Gasteiger partial charge < -0.3 is 10.2 Å². The van der Waals surface area contributed by atoms with Crippen LogP contribution in [-0.2, 0) is 9.59 Å². The molecule has 2 aliphatic carbocycles. The van der Waals surface area contributed by atoms with Gasteiger partial charge in [-0.25, -0.2) is 0 Å². The van der Waals surface area contributed by atoms with Gasteiger partial charge in [-0.3, -0.25) is 9.59 Å². The summed E-state index contributed by atoms with van der Waals surface area (Å²) in [5, 5.41) is 18.9. The number of carboxylic acids is 2. The third kappa shape index (κ3) is 3.05. The Kier molecular flexibility index (Phi) is 4.93. The molecule has 1 fully saturated rings. The average molecular weight is 322 g/mol. The number of carboxylic acid groups (broad SMARTS) is 2. The van der Waals surface area contributed by atoms with Gasteiger partial charge in [-0.15, -0.1) is 0 Å². The lowest BCUT2D eigenvalue weighted by molar-refractivity contribution is -0.152. The fourth-order valence-corrected chi connectivity index (χ4v) is 4.60. The van der Waals surface area contributed by atoms with Crippen LogP contribution in [0.3, 0.4) is 0 Å². The number of aliphatic carboxylic acids is 2. The van der Waals surface area contributed by atoms with Crippen molar-refractivity contribution in [2.45, 2.75) is 66.2 Å². The minimum atomic E-state index is -0.749. The molecule has 0 heterocycles. The Balaban J connectivity index is 2.29. The molecule has 2 rings (SSSR count). The molecule has 4 heteroatoms. The van der Waals surface area contributed by atoms with E-state index in [1.807, 2.05) is 6.92 Å². The second-order valence-electron chi connectivity index (χ2n) is 8.15. The highest BCUT2D eigenvalue weighted by molar-refractivity contribution is 5.75. The van der Waals surface area contributed by atoms with Crippen molar-refractivity contribution >= 4 is 11.9 Å². The number of hydrogen-bond donors (Lipinski definition) is 2. The van der Waals surface area contributed by atoms with Crippen molar-refractivity contribution in [3.63, 3.8) is 0 Å². The van der Waals surface area contributed by atoms with Gasteiger partial charge in [0.25, 0.3) is 0 Å². The monoisotopic (exact) mass is 322 g/mol. The maximum Gasteiger partial charge on any atom is 0.309 e. The minimum absolute atomic E-state index is 0.0796. The van der Waals surface area contributed by atoms with Crippen LogP contribution in [-0.4, -0.2) is 22.2 Å². The molecule has 0 bridgehead atoms. The van der Waals surface area contributed by atoms with Crippen LogP contribution in [0.1, 0.15) is 66.2 Å². The van der Waals surface area contributed by atoms with Crippen molar-refractivity contribution in [1.82, 2.24) is 0 Å². The van der Waals surface area contributed by atoms with Gasteiger partial charge in [-0.1, -0.05) is 32.4 Å². The summed E-state index contributed by atoms with van der Waals surface area (Å²) in [7, 11) is 0. The molecule has 2 N–H and O–H groups in total. The zero-order chi connectivity index (χ0) is 17.4. The van der Waals surface area contributed by atoms with Gasteiger partial charge in [0.05, 0.1) is 11.3 Å². The second kappa shape index (κ2) is 6.29. The number of fused-ring (bicyclic) bond motifs is 1. The summed E-state index contributed by atoms with van der Waals surface area (Å²) in [4.78, 5) is 23.0. The van der Waals surface area contributed by atoms with E-state index in [-0.39, 0.29) is 17.3 Å². The fraction of sp³-hybridized carbons (Fsp3) is 0.789. The molecule has 0 spiro atoms. The predicted molar refractivity (Wildman–Crippen MR) is 89.1 cm³/mol. The Labute approximate surface area is 139 Å². The molecular weight excluding hydrogens is 292 g/mol. The molecule has 0 aliphatic heterocycles. The Bertz CT molecular complexity index is 523. The zero-order valence-corrected chi connectivity index (χ0v) is 14.8. The van der Waals surface area contributed by atoms with Crippen LogP contribution < -0.4 is 0 Å². The lowest BCUT2D eigenvalue weighted by atomic mass is 9.51. The minimum Gasteiger partial charge on any atom is -0.481 e. The largest absolute Gasteiger partial charge is 0.481 e. The van der Waals surface area contributed by atoms with Crippen molar-refractivity contribution in [3.05, 3.63) is 11.6 Å². The first kappa shape index (κ1) is 18.0. The van der Waals surface area contributed by atoms with Crippen LogP contribution in [0.25, 0.3) is 0 Å². The third-order valence-electron chi connectivity index (χ3n) is 6.81. The molecule has 23 heavy (non-hydrogen) atoms. The molecule has 130 valence electrons.